The molecule has 2 N–H and O–H groups in total. The number of hydrogen-bond acceptors (Lipinski definition) is 4. The van der Waals surface area contributed by atoms with Gasteiger partial charge in [0.25, 0.3) is 0 Å². The lowest BCUT2D eigenvalue weighted by atomic mass is 10.3. The summed E-state index contributed by atoms with van der Waals surface area (Å²) in [6.45, 7) is 3.50. The molecule has 0 unspecified atom stereocenters. The van der Waals surface area contributed by atoms with E-state index in [9.17, 15) is 13.2 Å². The van der Waals surface area contributed by atoms with Crippen LogP contribution in [0, 0.1) is 0 Å². The van der Waals surface area contributed by atoms with E-state index >= 15 is 0 Å². The molecule has 0 spiro atoms. The molecule has 0 aliphatic carbocycles. The highest BCUT2D eigenvalue weighted by Crippen LogP contribution is 2.29. The minimum Gasteiger partial charge on any atom is -0.478 e. The number of pyridine rings is 1. The quantitative estimate of drug-likeness (QED) is 0.316. The maximum Gasteiger partial charge on any atom is 0.417 e. The van der Waals surface area contributed by atoms with Crippen LogP contribution in [-0.2, 0) is 10.9 Å². The topological polar surface area (TPSA) is 73.0 Å². The second kappa shape index (κ2) is 9.87. The summed E-state index contributed by atoms with van der Waals surface area (Å²) in [6.07, 6.45) is -3.05. The first-order valence-corrected chi connectivity index (χ1v) is 7.25. The number of alkyl halides is 3. The number of nitrogens with two attached hydrogens (primary N) is 1. The van der Waals surface area contributed by atoms with Gasteiger partial charge in [-0.1, -0.05) is 0 Å². The summed E-state index contributed by atoms with van der Waals surface area (Å²) in [4.78, 5) is 9.81. The molecule has 6 nitrogen and oxygen atoms in total. The number of morpholine rings is 1. The lowest BCUT2D eigenvalue weighted by molar-refractivity contribution is -0.137. The van der Waals surface area contributed by atoms with Crippen LogP contribution >= 0.6 is 24.0 Å². The average molecular weight is 460 g/mol. The third-order valence-corrected chi connectivity index (χ3v) is 3.22. The van der Waals surface area contributed by atoms with Crippen LogP contribution in [0.5, 0.6) is 5.88 Å². The number of hydrogen-bond donors (Lipinski definition) is 1. The monoisotopic (exact) mass is 460 g/mol. The molecule has 0 amide bonds. The molecule has 2 heterocycles. The van der Waals surface area contributed by atoms with E-state index in [0.717, 1.165) is 25.4 Å². The highest BCUT2D eigenvalue weighted by atomic mass is 127. The van der Waals surface area contributed by atoms with Gasteiger partial charge in [-0.05, 0) is 6.07 Å². The second-order valence-electron chi connectivity index (χ2n) is 4.92. The van der Waals surface area contributed by atoms with Crippen molar-refractivity contribution in [1.82, 2.24) is 9.88 Å². The molecular formula is C14H20F3IN4O2. The van der Waals surface area contributed by atoms with Gasteiger partial charge in [-0.2, -0.15) is 13.2 Å². The molecule has 1 aliphatic heterocycles. The Kier molecular flexibility index (Phi) is 8.53. The van der Waals surface area contributed by atoms with E-state index in [1.807, 2.05) is 4.90 Å². The van der Waals surface area contributed by atoms with Gasteiger partial charge in [0.05, 0.1) is 25.4 Å². The molecule has 1 aliphatic rings. The Labute approximate surface area is 155 Å². The number of rotatable bonds is 5. The molecule has 136 valence electrons. The zero-order chi connectivity index (χ0) is 16.7. The fraction of sp³-hybridized carbons (Fsp3) is 0.571. The lowest BCUT2D eigenvalue weighted by Crippen LogP contribution is -2.44. The van der Waals surface area contributed by atoms with Crippen LogP contribution in [0.15, 0.2) is 23.3 Å². The van der Waals surface area contributed by atoms with Crippen LogP contribution in [0.1, 0.15) is 12.0 Å². The van der Waals surface area contributed by atoms with Gasteiger partial charge in [-0.25, -0.2) is 4.98 Å². The molecular weight excluding hydrogens is 440 g/mol. The van der Waals surface area contributed by atoms with E-state index in [-0.39, 0.29) is 29.9 Å². The standard InChI is InChI=1S/C14H19F3N4O2.HI/c15-14(16,17)11-2-3-12(20-10-11)23-7-1-4-19-13(18)21-5-8-22-9-6-21;/h2-3,10H,1,4-9H2,(H2,18,19);1H. The first-order chi connectivity index (χ1) is 11.0. The minimum atomic E-state index is -4.39. The van der Waals surface area contributed by atoms with Gasteiger partial charge in [0, 0.05) is 38.3 Å². The number of aliphatic imine (C=N–C) groups is 1. The summed E-state index contributed by atoms with van der Waals surface area (Å²) >= 11 is 0. The van der Waals surface area contributed by atoms with E-state index in [1.54, 1.807) is 0 Å². The second-order valence-corrected chi connectivity index (χ2v) is 4.92. The highest BCUT2D eigenvalue weighted by molar-refractivity contribution is 14.0. The summed E-state index contributed by atoms with van der Waals surface area (Å²) in [7, 11) is 0. The van der Waals surface area contributed by atoms with Crippen molar-refractivity contribution in [3.8, 4) is 5.88 Å². The zero-order valence-electron chi connectivity index (χ0n) is 13.0. The van der Waals surface area contributed by atoms with Crippen molar-refractivity contribution in [2.75, 3.05) is 39.5 Å². The predicted molar refractivity (Wildman–Crippen MR) is 93.6 cm³/mol. The van der Waals surface area contributed by atoms with E-state index in [1.165, 1.54) is 6.07 Å². The van der Waals surface area contributed by atoms with E-state index in [2.05, 4.69) is 9.98 Å². The first kappa shape index (κ1) is 20.7. The van der Waals surface area contributed by atoms with Gasteiger partial charge >= 0.3 is 6.18 Å². The van der Waals surface area contributed by atoms with E-state index in [0.29, 0.717) is 38.7 Å². The summed E-state index contributed by atoms with van der Waals surface area (Å²) in [6, 6.07) is 2.14. The van der Waals surface area contributed by atoms with Crippen LogP contribution < -0.4 is 10.5 Å². The number of halogens is 4. The van der Waals surface area contributed by atoms with Crippen molar-refractivity contribution in [2.24, 2.45) is 10.7 Å². The smallest absolute Gasteiger partial charge is 0.417 e. The Hall–Kier alpha value is -1.30. The van der Waals surface area contributed by atoms with E-state index < -0.39 is 11.7 Å². The highest BCUT2D eigenvalue weighted by Gasteiger charge is 2.30. The van der Waals surface area contributed by atoms with Crippen LogP contribution in [-0.4, -0.2) is 55.3 Å². The largest absolute Gasteiger partial charge is 0.478 e. The van der Waals surface area contributed by atoms with Crippen LogP contribution in [0.25, 0.3) is 0 Å². The maximum atomic E-state index is 12.4. The molecule has 0 saturated carbocycles. The normalized spacial score (nSPS) is 15.8. The molecule has 0 aromatic carbocycles. The Bertz CT molecular complexity index is 520. The lowest BCUT2D eigenvalue weighted by Gasteiger charge is -2.27. The SMILES string of the molecule is I.NC(=NCCCOc1ccc(C(F)(F)F)cn1)N1CCOCC1. The zero-order valence-corrected chi connectivity index (χ0v) is 15.3. The van der Waals surface area contributed by atoms with Gasteiger partial charge in [0.15, 0.2) is 5.96 Å². The summed E-state index contributed by atoms with van der Waals surface area (Å²) in [5, 5.41) is 0. The molecule has 1 aromatic heterocycles. The predicted octanol–water partition coefficient (Wildman–Crippen LogP) is 2.13. The fourth-order valence-electron chi connectivity index (χ4n) is 1.96. The Morgan fingerprint density at radius 2 is 2.04 bits per heavy atom. The van der Waals surface area contributed by atoms with Crippen molar-refractivity contribution in [2.45, 2.75) is 12.6 Å². The van der Waals surface area contributed by atoms with Crippen molar-refractivity contribution in [3.05, 3.63) is 23.9 Å². The van der Waals surface area contributed by atoms with Crippen LogP contribution in [0.3, 0.4) is 0 Å². The number of ether oxygens (including phenoxy) is 2. The molecule has 0 atom stereocenters. The van der Waals surface area contributed by atoms with Gasteiger partial charge in [0.2, 0.25) is 5.88 Å². The molecule has 1 saturated heterocycles. The van der Waals surface area contributed by atoms with Crippen LogP contribution in [0.2, 0.25) is 0 Å². The molecule has 1 fully saturated rings. The van der Waals surface area contributed by atoms with Gasteiger partial charge in [-0.15, -0.1) is 24.0 Å². The first-order valence-electron chi connectivity index (χ1n) is 7.25. The van der Waals surface area contributed by atoms with Crippen LogP contribution in [0.4, 0.5) is 13.2 Å². The number of guanidine groups is 1. The number of nitrogens with zero attached hydrogens (tertiary/aromatic N) is 3. The van der Waals surface area contributed by atoms with Crippen molar-refractivity contribution in [1.29, 1.82) is 0 Å². The molecule has 24 heavy (non-hydrogen) atoms. The van der Waals surface area contributed by atoms with Gasteiger partial charge in [0.1, 0.15) is 0 Å². The number of aromatic nitrogens is 1. The fourth-order valence-corrected chi connectivity index (χ4v) is 1.96. The Morgan fingerprint density at radius 3 is 2.62 bits per heavy atom. The minimum absolute atomic E-state index is 0. The molecule has 1 aromatic rings. The van der Waals surface area contributed by atoms with E-state index in [4.69, 9.17) is 15.2 Å². The molecule has 0 radical (unpaired) electrons. The van der Waals surface area contributed by atoms with Gasteiger partial charge in [-0.3, -0.25) is 4.99 Å². The third kappa shape index (κ3) is 6.67. The Balaban J connectivity index is 0.00000288. The average Bonchev–Trinajstić information content (AvgIpc) is 2.55. The summed E-state index contributed by atoms with van der Waals surface area (Å²) in [5.41, 5.74) is 5.06. The molecule has 10 heteroatoms. The summed E-state index contributed by atoms with van der Waals surface area (Å²) in [5.74, 6) is 0.629. The Morgan fingerprint density at radius 1 is 1.33 bits per heavy atom. The van der Waals surface area contributed by atoms with Crippen molar-refractivity contribution < 1.29 is 22.6 Å². The van der Waals surface area contributed by atoms with Crippen molar-refractivity contribution >= 4 is 29.9 Å². The maximum absolute atomic E-state index is 12.4. The van der Waals surface area contributed by atoms with Gasteiger partial charge < -0.3 is 20.1 Å². The summed E-state index contributed by atoms with van der Waals surface area (Å²) < 4.78 is 47.6. The third-order valence-electron chi connectivity index (χ3n) is 3.22. The molecule has 2 rings (SSSR count). The molecule has 0 bridgehead atoms. The van der Waals surface area contributed by atoms with Crippen molar-refractivity contribution in [3.63, 3.8) is 0 Å².